The van der Waals surface area contributed by atoms with Crippen LogP contribution in [0.1, 0.15) is 58.8 Å². The molecule has 1 fully saturated rings. The second kappa shape index (κ2) is 7.70. The van der Waals surface area contributed by atoms with E-state index < -0.39 is 0 Å². The van der Waals surface area contributed by atoms with Crippen LogP contribution in [0, 0.1) is 5.92 Å². The van der Waals surface area contributed by atoms with Crippen molar-refractivity contribution in [3.05, 3.63) is 0 Å². The van der Waals surface area contributed by atoms with Crippen molar-refractivity contribution in [2.75, 3.05) is 13.1 Å². The summed E-state index contributed by atoms with van der Waals surface area (Å²) in [5.74, 6) is 0.868. The minimum absolute atomic E-state index is 0.174. The Hall–Kier alpha value is -0.570. The molecule has 0 radical (unpaired) electrons. The van der Waals surface area contributed by atoms with Gasteiger partial charge in [-0.25, -0.2) is 0 Å². The number of carbonyl (C=O) groups excluding carboxylic acids is 1. The predicted octanol–water partition coefficient (Wildman–Crippen LogP) is 2.54. The van der Waals surface area contributed by atoms with Gasteiger partial charge in [0.1, 0.15) is 0 Å². The molecule has 2 N–H and O–H groups in total. The average molecular weight is 240 g/mol. The lowest BCUT2D eigenvalue weighted by atomic mass is 9.94. The zero-order chi connectivity index (χ0) is 12.7. The maximum atomic E-state index is 12.0. The van der Waals surface area contributed by atoms with E-state index in [0.29, 0.717) is 18.2 Å². The molecule has 0 bridgehead atoms. The first-order chi connectivity index (χ1) is 8.15. The van der Waals surface area contributed by atoms with Crippen LogP contribution in [0.15, 0.2) is 0 Å². The second-order valence-corrected chi connectivity index (χ2v) is 5.43. The molecule has 0 aliphatic carbocycles. The first kappa shape index (κ1) is 14.5. The van der Waals surface area contributed by atoms with Crippen molar-refractivity contribution in [3.8, 4) is 0 Å². The number of nitrogens with two attached hydrogens (primary N) is 1. The molecule has 1 saturated heterocycles. The van der Waals surface area contributed by atoms with Gasteiger partial charge in [-0.2, -0.15) is 0 Å². The Bertz CT molecular complexity index is 230. The summed E-state index contributed by atoms with van der Waals surface area (Å²) < 4.78 is 0. The minimum atomic E-state index is 0.174. The van der Waals surface area contributed by atoms with Crippen LogP contribution in [0.4, 0.5) is 0 Å². The second-order valence-electron chi connectivity index (χ2n) is 5.43. The predicted molar refractivity (Wildman–Crippen MR) is 71.7 cm³/mol. The number of carbonyl (C=O) groups is 1. The number of hydrogen-bond acceptors (Lipinski definition) is 2. The van der Waals surface area contributed by atoms with E-state index >= 15 is 0 Å². The first-order valence-electron chi connectivity index (χ1n) is 7.18. The normalized spacial score (nSPS) is 25.0. The Morgan fingerprint density at radius 3 is 2.65 bits per heavy atom. The van der Waals surface area contributed by atoms with E-state index in [1.807, 2.05) is 4.90 Å². The molecule has 0 aromatic carbocycles. The highest BCUT2D eigenvalue weighted by Gasteiger charge is 2.25. The van der Waals surface area contributed by atoms with Crippen molar-refractivity contribution in [1.29, 1.82) is 0 Å². The molecule has 1 amide bonds. The molecule has 2 unspecified atom stereocenters. The summed E-state index contributed by atoms with van der Waals surface area (Å²) in [6.07, 6.45) is 7.82. The quantitative estimate of drug-likeness (QED) is 0.725. The number of piperidine rings is 1. The van der Waals surface area contributed by atoms with Crippen LogP contribution in [0.3, 0.4) is 0 Å². The maximum absolute atomic E-state index is 12.0. The summed E-state index contributed by atoms with van der Waals surface area (Å²) in [5.41, 5.74) is 6.01. The molecular weight excluding hydrogens is 212 g/mol. The molecule has 0 saturated carbocycles. The fourth-order valence-corrected chi connectivity index (χ4v) is 2.36. The van der Waals surface area contributed by atoms with Crippen LogP contribution in [0.2, 0.25) is 0 Å². The molecule has 1 aliphatic rings. The molecular formula is C14H28N2O. The van der Waals surface area contributed by atoms with Crippen LogP contribution in [0.25, 0.3) is 0 Å². The number of likely N-dealkylation sites (tertiary alicyclic amines) is 1. The van der Waals surface area contributed by atoms with Crippen molar-refractivity contribution in [1.82, 2.24) is 4.90 Å². The third-order valence-corrected chi connectivity index (χ3v) is 3.86. The Morgan fingerprint density at radius 2 is 2.00 bits per heavy atom. The summed E-state index contributed by atoms with van der Waals surface area (Å²) in [7, 11) is 0. The first-order valence-corrected chi connectivity index (χ1v) is 7.18. The zero-order valence-electron chi connectivity index (χ0n) is 11.5. The number of hydrogen-bond donors (Lipinski definition) is 1. The van der Waals surface area contributed by atoms with Gasteiger partial charge in [-0.1, -0.05) is 39.5 Å². The largest absolute Gasteiger partial charge is 0.341 e. The fourth-order valence-electron chi connectivity index (χ4n) is 2.36. The number of amides is 1. The van der Waals surface area contributed by atoms with Crippen LogP contribution >= 0.6 is 0 Å². The topological polar surface area (TPSA) is 46.3 Å². The van der Waals surface area contributed by atoms with E-state index in [1.165, 1.54) is 25.7 Å². The molecule has 1 rings (SSSR count). The Morgan fingerprint density at radius 1 is 1.29 bits per heavy atom. The Labute approximate surface area is 106 Å². The van der Waals surface area contributed by atoms with E-state index in [0.717, 1.165) is 25.9 Å². The van der Waals surface area contributed by atoms with E-state index in [1.54, 1.807) is 0 Å². The molecule has 3 heteroatoms. The minimum Gasteiger partial charge on any atom is -0.341 e. The molecule has 0 aromatic heterocycles. The SMILES string of the molecule is CCCCCCCC(=O)N1CCC(C)C(N)C1. The van der Waals surface area contributed by atoms with Crippen molar-refractivity contribution in [3.63, 3.8) is 0 Å². The molecule has 17 heavy (non-hydrogen) atoms. The van der Waals surface area contributed by atoms with Crippen molar-refractivity contribution in [2.45, 2.75) is 64.8 Å². The Kier molecular flexibility index (Phi) is 6.56. The van der Waals surface area contributed by atoms with Gasteiger partial charge < -0.3 is 10.6 Å². The molecule has 2 atom stereocenters. The van der Waals surface area contributed by atoms with Crippen LogP contribution in [-0.2, 0) is 4.79 Å². The highest BCUT2D eigenvalue weighted by atomic mass is 16.2. The third kappa shape index (κ3) is 5.07. The average Bonchev–Trinajstić information content (AvgIpc) is 2.32. The van der Waals surface area contributed by atoms with Gasteiger partial charge >= 0.3 is 0 Å². The lowest BCUT2D eigenvalue weighted by Crippen LogP contribution is -2.49. The monoisotopic (exact) mass is 240 g/mol. The van der Waals surface area contributed by atoms with Crippen molar-refractivity contribution in [2.24, 2.45) is 11.7 Å². The summed E-state index contributed by atoms with van der Waals surface area (Å²) in [5, 5.41) is 0. The van der Waals surface area contributed by atoms with Crippen molar-refractivity contribution < 1.29 is 4.79 Å². The maximum Gasteiger partial charge on any atom is 0.222 e. The van der Waals surface area contributed by atoms with Gasteiger partial charge in [-0.15, -0.1) is 0 Å². The molecule has 1 heterocycles. The molecule has 0 aromatic rings. The zero-order valence-corrected chi connectivity index (χ0v) is 11.5. The highest BCUT2D eigenvalue weighted by molar-refractivity contribution is 5.76. The van der Waals surface area contributed by atoms with Gasteiger partial charge in [0.05, 0.1) is 0 Å². The highest BCUT2D eigenvalue weighted by Crippen LogP contribution is 2.17. The van der Waals surface area contributed by atoms with Gasteiger partial charge in [0.25, 0.3) is 0 Å². The lowest BCUT2D eigenvalue weighted by Gasteiger charge is -2.35. The van der Waals surface area contributed by atoms with Gasteiger partial charge in [0.15, 0.2) is 0 Å². The standard InChI is InChI=1S/C14H28N2O/c1-3-4-5-6-7-8-14(17)16-10-9-12(2)13(15)11-16/h12-13H,3-11,15H2,1-2H3. The van der Waals surface area contributed by atoms with E-state index in [-0.39, 0.29) is 6.04 Å². The molecule has 3 nitrogen and oxygen atoms in total. The van der Waals surface area contributed by atoms with Gasteiger partial charge in [-0.3, -0.25) is 4.79 Å². The van der Waals surface area contributed by atoms with E-state index in [4.69, 9.17) is 5.73 Å². The van der Waals surface area contributed by atoms with E-state index in [2.05, 4.69) is 13.8 Å². The van der Waals surface area contributed by atoms with Gasteiger partial charge in [0.2, 0.25) is 5.91 Å². The summed E-state index contributed by atoms with van der Waals surface area (Å²) in [6.45, 7) is 6.05. The third-order valence-electron chi connectivity index (χ3n) is 3.86. The van der Waals surface area contributed by atoms with Gasteiger partial charge in [-0.05, 0) is 18.8 Å². The van der Waals surface area contributed by atoms with Crippen LogP contribution < -0.4 is 5.73 Å². The van der Waals surface area contributed by atoms with Crippen molar-refractivity contribution >= 4 is 5.91 Å². The van der Waals surface area contributed by atoms with Crippen LogP contribution in [0.5, 0.6) is 0 Å². The summed E-state index contributed by atoms with van der Waals surface area (Å²) in [6, 6.07) is 0.174. The van der Waals surface area contributed by atoms with Gasteiger partial charge in [0, 0.05) is 25.6 Å². The molecule has 0 spiro atoms. The smallest absolute Gasteiger partial charge is 0.222 e. The fraction of sp³-hybridized carbons (Fsp3) is 0.929. The number of rotatable bonds is 6. The summed E-state index contributed by atoms with van der Waals surface area (Å²) in [4.78, 5) is 13.9. The summed E-state index contributed by atoms with van der Waals surface area (Å²) >= 11 is 0. The van der Waals surface area contributed by atoms with E-state index in [9.17, 15) is 4.79 Å². The number of nitrogens with zero attached hydrogens (tertiary/aromatic N) is 1. The molecule has 1 aliphatic heterocycles. The number of unbranched alkanes of at least 4 members (excludes halogenated alkanes) is 4. The lowest BCUT2D eigenvalue weighted by molar-refractivity contribution is -0.133. The molecule has 100 valence electrons. The van der Waals surface area contributed by atoms with Crippen LogP contribution in [-0.4, -0.2) is 29.9 Å². The Balaban J connectivity index is 2.15.